The van der Waals surface area contributed by atoms with Gasteiger partial charge in [-0.15, -0.1) is 0 Å². The van der Waals surface area contributed by atoms with Crippen LogP contribution in [0.15, 0.2) is 24.5 Å². The summed E-state index contributed by atoms with van der Waals surface area (Å²) in [4.78, 5) is 6.58. The van der Waals surface area contributed by atoms with Gasteiger partial charge < -0.3 is 4.90 Å². The topological polar surface area (TPSA) is 16.1 Å². The van der Waals surface area contributed by atoms with E-state index in [1.807, 2.05) is 18.5 Å². The lowest BCUT2D eigenvalue weighted by Gasteiger charge is -2.38. The standard InChI is InChI=1S/C12H18N2/c1-12(2)5-8-14(9-6-12)11-4-3-7-13-10-11/h3-4,7,10H,5-6,8-9H2,1-2H3. The smallest absolute Gasteiger partial charge is 0.0552 e. The number of aromatic nitrogens is 1. The minimum absolute atomic E-state index is 0.526. The van der Waals surface area contributed by atoms with E-state index >= 15 is 0 Å². The molecule has 0 saturated carbocycles. The van der Waals surface area contributed by atoms with Crippen LogP contribution in [-0.4, -0.2) is 18.1 Å². The lowest BCUT2D eigenvalue weighted by Crippen LogP contribution is -2.37. The second-order valence-corrected chi connectivity index (χ2v) is 4.86. The van der Waals surface area contributed by atoms with Gasteiger partial charge in [0.2, 0.25) is 0 Å². The third-order valence-electron chi connectivity index (χ3n) is 3.13. The van der Waals surface area contributed by atoms with Crippen molar-refractivity contribution in [3.63, 3.8) is 0 Å². The Morgan fingerprint density at radius 1 is 1.29 bits per heavy atom. The summed E-state index contributed by atoms with van der Waals surface area (Å²) in [6.07, 6.45) is 6.35. The zero-order valence-electron chi connectivity index (χ0n) is 9.03. The fourth-order valence-corrected chi connectivity index (χ4v) is 1.91. The van der Waals surface area contributed by atoms with Crippen LogP contribution in [0.1, 0.15) is 26.7 Å². The molecule has 0 aromatic carbocycles. The molecule has 76 valence electrons. The van der Waals surface area contributed by atoms with E-state index in [9.17, 15) is 0 Å². The number of anilines is 1. The summed E-state index contributed by atoms with van der Waals surface area (Å²) in [5, 5.41) is 0. The first kappa shape index (κ1) is 9.50. The average Bonchev–Trinajstić information content (AvgIpc) is 2.19. The van der Waals surface area contributed by atoms with Crippen molar-refractivity contribution in [2.24, 2.45) is 5.41 Å². The van der Waals surface area contributed by atoms with Crippen LogP contribution in [0.3, 0.4) is 0 Å². The van der Waals surface area contributed by atoms with Crippen molar-refractivity contribution in [2.45, 2.75) is 26.7 Å². The van der Waals surface area contributed by atoms with Crippen LogP contribution in [0, 0.1) is 5.41 Å². The molecule has 1 aromatic heterocycles. The fourth-order valence-electron chi connectivity index (χ4n) is 1.91. The first-order valence-electron chi connectivity index (χ1n) is 5.32. The maximum atomic E-state index is 4.15. The van der Waals surface area contributed by atoms with Gasteiger partial charge >= 0.3 is 0 Å². The molecular formula is C12H18N2. The van der Waals surface area contributed by atoms with Gasteiger partial charge in [-0.1, -0.05) is 13.8 Å². The fraction of sp³-hybridized carbons (Fsp3) is 0.583. The Labute approximate surface area is 86.0 Å². The molecule has 1 aromatic rings. The molecule has 1 saturated heterocycles. The van der Waals surface area contributed by atoms with Gasteiger partial charge in [0.25, 0.3) is 0 Å². The normalized spacial score (nSPS) is 20.9. The van der Waals surface area contributed by atoms with Gasteiger partial charge in [-0.3, -0.25) is 4.98 Å². The molecule has 0 amide bonds. The Kier molecular flexibility index (Phi) is 2.44. The van der Waals surface area contributed by atoms with Crippen LogP contribution in [0.2, 0.25) is 0 Å². The molecule has 1 aliphatic heterocycles. The lowest BCUT2D eigenvalue weighted by atomic mass is 9.82. The Morgan fingerprint density at radius 3 is 2.57 bits per heavy atom. The minimum atomic E-state index is 0.526. The molecule has 0 N–H and O–H groups in total. The highest BCUT2D eigenvalue weighted by molar-refractivity contribution is 5.43. The Morgan fingerprint density at radius 2 is 2.00 bits per heavy atom. The minimum Gasteiger partial charge on any atom is -0.370 e. The Hall–Kier alpha value is -1.05. The van der Waals surface area contributed by atoms with Crippen molar-refractivity contribution in [3.8, 4) is 0 Å². The van der Waals surface area contributed by atoms with Crippen LogP contribution in [0.4, 0.5) is 5.69 Å². The predicted octanol–water partition coefficient (Wildman–Crippen LogP) is 2.71. The Bertz CT molecular complexity index is 282. The molecule has 1 aliphatic rings. The van der Waals surface area contributed by atoms with Gasteiger partial charge in [-0.25, -0.2) is 0 Å². The highest BCUT2D eigenvalue weighted by atomic mass is 15.1. The predicted molar refractivity (Wildman–Crippen MR) is 59.5 cm³/mol. The van der Waals surface area contributed by atoms with Crippen molar-refractivity contribution in [1.29, 1.82) is 0 Å². The molecule has 2 rings (SSSR count). The Balaban J connectivity index is 2.03. The summed E-state index contributed by atoms with van der Waals surface area (Å²) in [6.45, 7) is 7.04. The van der Waals surface area contributed by atoms with Gasteiger partial charge in [0.05, 0.1) is 11.9 Å². The second-order valence-electron chi connectivity index (χ2n) is 4.86. The van der Waals surface area contributed by atoms with Crippen LogP contribution < -0.4 is 4.90 Å². The highest BCUT2D eigenvalue weighted by Crippen LogP contribution is 2.31. The molecular weight excluding hydrogens is 172 g/mol. The van der Waals surface area contributed by atoms with Crippen molar-refractivity contribution < 1.29 is 0 Å². The third kappa shape index (κ3) is 2.06. The van der Waals surface area contributed by atoms with E-state index in [1.165, 1.54) is 31.6 Å². The quantitative estimate of drug-likeness (QED) is 0.677. The van der Waals surface area contributed by atoms with Crippen LogP contribution in [0.5, 0.6) is 0 Å². The average molecular weight is 190 g/mol. The number of hydrogen-bond donors (Lipinski definition) is 0. The first-order valence-corrected chi connectivity index (χ1v) is 5.32. The molecule has 2 heterocycles. The zero-order chi connectivity index (χ0) is 10.0. The van der Waals surface area contributed by atoms with Crippen molar-refractivity contribution >= 4 is 5.69 Å². The second kappa shape index (κ2) is 3.60. The summed E-state index contributed by atoms with van der Waals surface area (Å²) < 4.78 is 0. The molecule has 0 bridgehead atoms. The summed E-state index contributed by atoms with van der Waals surface area (Å²) in [5.41, 5.74) is 1.79. The molecule has 0 atom stereocenters. The van der Waals surface area contributed by atoms with Gasteiger partial charge in [0, 0.05) is 19.3 Å². The molecule has 0 spiro atoms. The van der Waals surface area contributed by atoms with Gasteiger partial charge in [-0.2, -0.15) is 0 Å². The zero-order valence-corrected chi connectivity index (χ0v) is 9.03. The van der Waals surface area contributed by atoms with Crippen molar-refractivity contribution in [3.05, 3.63) is 24.5 Å². The van der Waals surface area contributed by atoms with Crippen molar-refractivity contribution in [2.75, 3.05) is 18.0 Å². The van der Waals surface area contributed by atoms with E-state index in [0.29, 0.717) is 5.41 Å². The number of rotatable bonds is 1. The van der Waals surface area contributed by atoms with Crippen LogP contribution in [-0.2, 0) is 0 Å². The van der Waals surface area contributed by atoms with E-state index in [4.69, 9.17) is 0 Å². The van der Waals surface area contributed by atoms with E-state index < -0.39 is 0 Å². The van der Waals surface area contributed by atoms with Crippen LogP contribution in [0.25, 0.3) is 0 Å². The third-order valence-corrected chi connectivity index (χ3v) is 3.13. The van der Waals surface area contributed by atoms with E-state index in [-0.39, 0.29) is 0 Å². The largest absolute Gasteiger partial charge is 0.370 e. The molecule has 0 aliphatic carbocycles. The molecule has 1 fully saturated rings. The maximum Gasteiger partial charge on any atom is 0.0552 e. The monoisotopic (exact) mass is 190 g/mol. The number of pyridine rings is 1. The number of piperidine rings is 1. The summed E-state index contributed by atoms with van der Waals surface area (Å²) >= 11 is 0. The molecule has 2 heteroatoms. The lowest BCUT2D eigenvalue weighted by molar-refractivity contribution is 0.280. The number of nitrogens with zero attached hydrogens (tertiary/aromatic N) is 2. The van der Waals surface area contributed by atoms with Gasteiger partial charge in [0.1, 0.15) is 0 Å². The summed E-state index contributed by atoms with van der Waals surface area (Å²) in [7, 11) is 0. The molecule has 0 unspecified atom stereocenters. The van der Waals surface area contributed by atoms with Gasteiger partial charge in [0.15, 0.2) is 0 Å². The van der Waals surface area contributed by atoms with E-state index in [2.05, 4.69) is 29.8 Å². The van der Waals surface area contributed by atoms with E-state index in [1.54, 1.807) is 0 Å². The SMILES string of the molecule is CC1(C)CCN(c2cccnc2)CC1. The van der Waals surface area contributed by atoms with Gasteiger partial charge in [-0.05, 0) is 30.4 Å². The van der Waals surface area contributed by atoms with E-state index in [0.717, 1.165) is 0 Å². The number of hydrogen-bond acceptors (Lipinski definition) is 2. The summed E-state index contributed by atoms with van der Waals surface area (Å²) in [5.74, 6) is 0. The summed E-state index contributed by atoms with van der Waals surface area (Å²) in [6, 6.07) is 4.15. The van der Waals surface area contributed by atoms with Crippen LogP contribution >= 0.6 is 0 Å². The van der Waals surface area contributed by atoms with Crippen molar-refractivity contribution in [1.82, 2.24) is 4.98 Å². The highest BCUT2D eigenvalue weighted by Gasteiger charge is 2.25. The maximum absolute atomic E-state index is 4.15. The molecule has 14 heavy (non-hydrogen) atoms. The first-order chi connectivity index (χ1) is 6.67. The molecule has 0 radical (unpaired) electrons. The molecule has 2 nitrogen and oxygen atoms in total.